The molecule has 1 fully saturated rings. The molecule has 2 N–H and O–H groups in total. The van der Waals surface area contributed by atoms with Gasteiger partial charge in [0.15, 0.2) is 0 Å². The van der Waals surface area contributed by atoms with E-state index in [9.17, 15) is 27.5 Å². The highest BCUT2D eigenvalue weighted by Crippen LogP contribution is 2.40. The number of aromatic nitrogens is 1. The van der Waals surface area contributed by atoms with Gasteiger partial charge in [-0.05, 0) is 60.7 Å². The zero-order chi connectivity index (χ0) is 25.2. The molecule has 0 radical (unpaired) electrons. The number of aliphatic hydroxyl groups excluding tert-OH is 1. The van der Waals surface area contributed by atoms with Crippen LogP contribution in [0.25, 0.3) is 0 Å². The molecule has 0 aliphatic heterocycles. The van der Waals surface area contributed by atoms with Crippen molar-refractivity contribution < 1.29 is 27.5 Å². The number of pyridine rings is 1. The monoisotopic (exact) mass is 506 g/mol. The van der Waals surface area contributed by atoms with Crippen LogP contribution in [0.3, 0.4) is 0 Å². The van der Waals surface area contributed by atoms with Crippen molar-refractivity contribution >= 4 is 17.5 Å². The standard InChI is InChI=1S/C26H23ClF4N2O2/c27-19-7-9-22(32-14-19)24(33-25(35)16-6-8-21(34)12-16)23(15-4-2-1-3-5-15)17-10-18(26(29,30)31)13-20(28)11-17/h1-5,7,9-11,13-14,16,21,23-24,34H,6,8,12H2,(H,33,35)/t16?,21?,23?,24-/m1/s1. The fraction of sp³-hybridized carbons (Fsp3) is 0.308. The fourth-order valence-corrected chi connectivity index (χ4v) is 4.67. The van der Waals surface area contributed by atoms with Crippen LogP contribution in [0.2, 0.25) is 5.02 Å². The third-order valence-electron chi connectivity index (χ3n) is 6.24. The molecule has 9 heteroatoms. The Kier molecular flexibility index (Phi) is 7.42. The largest absolute Gasteiger partial charge is 0.416 e. The maximum Gasteiger partial charge on any atom is 0.416 e. The summed E-state index contributed by atoms with van der Waals surface area (Å²) in [5, 5.41) is 13.2. The highest BCUT2D eigenvalue weighted by molar-refractivity contribution is 6.30. The zero-order valence-corrected chi connectivity index (χ0v) is 19.2. The van der Waals surface area contributed by atoms with Crippen molar-refractivity contribution in [2.24, 2.45) is 5.92 Å². The Bertz CT molecular complexity index is 1170. The molecule has 1 aromatic heterocycles. The second-order valence-corrected chi connectivity index (χ2v) is 9.15. The van der Waals surface area contributed by atoms with Crippen LogP contribution in [-0.4, -0.2) is 22.1 Å². The van der Waals surface area contributed by atoms with E-state index < -0.39 is 41.5 Å². The van der Waals surface area contributed by atoms with E-state index in [1.54, 1.807) is 42.5 Å². The van der Waals surface area contributed by atoms with Crippen molar-refractivity contribution in [1.82, 2.24) is 10.3 Å². The molecule has 1 saturated carbocycles. The zero-order valence-electron chi connectivity index (χ0n) is 18.5. The van der Waals surface area contributed by atoms with Crippen LogP contribution in [0.5, 0.6) is 0 Å². The number of nitrogens with one attached hydrogen (secondary N) is 1. The van der Waals surface area contributed by atoms with Crippen LogP contribution in [0.1, 0.15) is 53.6 Å². The Morgan fingerprint density at radius 3 is 2.40 bits per heavy atom. The lowest BCUT2D eigenvalue weighted by Gasteiger charge is -2.30. The minimum Gasteiger partial charge on any atom is -0.393 e. The summed E-state index contributed by atoms with van der Waals surface area (Å²) in [7, 11) is 0. The molecule has 4 atom stereocenters. The highest BCUT2D eigenvalue weighted by atomic mass is 35.5. The predicted molar refractivity (Wildman–Crippen MR) is 123 cm³/mol. The summed E-state index contributed by atoms with van der Waals surface area (Å²) in [6.45, 7) is 0. The summed E-state index contributed by atoms with van der Waals surface area (Å²) >= 11 is 5.99. The lowest BCUT2D eigenvalue weighted by atomic mass is 9.82. The summed E-state index contributed by atoms with van der Waals surface area (Å²) in [4.78, 5) is 17.5. The van der Waals surface area contributed by atoms with Gasteiger partial charge in [-0.15, -0.1) is 0 Å². The molecule has 2 aromatic carbocycles. The summed E-state index contributed by atoms with van der Waals surface area (Å²) in [6, 6.07) is 13.2. The van der Waals surface area contributed by atoms with Crippen LogP contribution < -0.4 is 5.32 Å². The lowest BCUT2D eigenvalue weighted by Crippen LogP contribution is -2.37. The summed E-state index contributed by atoms with van der Waals surface area (Å²) in [5.74, 6) is -2.73. The first-order valence-electron chi connectivity index (χ1n) is 11.1. The Balaban J connectivity index is 1.84. The third kappa shape index (κ3) is 6.00. The number of nitrogens with zero attached hydrogens (tertiary/aromatic N) is 1. The molecule has 3 unspecified atom stereocenters. The fourth-order valence-electron chi connectivity index (χ4n) is 4.56. The quantitative estimate of drug-likeness (QED) is 0.400. The van der Waals surface area contributed by atoms with E-state index in [1.807, 2.05) is 0 Å². The number of hydrogen-bond acceptors (Lipinski definition) is 3. The number of carbonyl (C=O) groups excluding carboxylic acids is 1. The SMILES string of the molecule is O=C(N[C@H](c1ccc(Cl)cn1)C(c1ccccc1)c1cc(F)cc(C(F)(F)F)c1)C1CCC(O)C1. The van der Waals surface area contributed by atoms with Crippen molar-refractivity contribution in [2.75, 3.05) is 0 Å². The topological polar surface area (TPSA) is 62.2 Å². The molecule has 0 saturated heterocycles. The van der Waals surface area contributed by atoms with Gasteiger partial charge in [-0.25, -0.2) is 4.39 Å². The van der Waals surface area contributed by atoms with E-state index >= 15 is 0 Å². The van der Waals surface area contributed by atoms with Gasteiger partial charge < -0.3 is 10.4 Å². The van der Waals surface area contributed by atoms with Crippen molar-refractivity contribution in [3.8, 4) is 0 Å². The van der Waals surface area contributed by atoms with Crippen molar-refractivity contribution in [3.05, 3.63) is 100 Å². The van der Waals surface area contributed by atoms with Crippen LogP contribution in [0.4, 0.5) is 17.6 Å². The molecule has 3 aromatic rings. The Morgan fingerprint density at radius 2 is 1.80 bits per heavy atom. The van der Waals surface area contributed by atoms with Crippen LogP contribution in [0, 0.1) is 11.7 Å². The van der Waals surface area contributed by atoms with Crippen molar-refractivity contribution in [1.29, 1.82) is 0 Å². The Labute approximate surface area is 205 Å². The highest BCUT2D eigenvalue weighted by Gasteiger charge is 2.36. The smallest absolute Gasteiger partial charge is 0.393 e. The number of halogens is 5. The second-order valence-electron chi connectivity index (χ2n) is 8.71. The average Bonchev–Trinajstić information content (AvgIpc) is 3.25. The van der Waals surface area contributed by atoms with E-state index in [4.69, 9.17) is 11.6 Å². The van der Waals surface area contributed by atoms with Gasteiger partial charge in [-0.1, -0.05) is 41.9 Å². The molecule has 35 heavy (non-hydrogen) atoms. The molecule has 0 bridgehead atoms. The minimum atomic E-state index is -4.75. The van der Waals surface area contributed by atoms with Crippen LogP contribution in [0.15, 0.2) is 66.9 Å². The van der Waals surface area contributed by atoms with Gasteiger partial charge in [-0.2, -0.15) is 13.2 Å². The molecule has 1 amide bonds. The van der Waals surface area contributed by atoms with Gasteiger partial charge in [0, 0.05) is 18.0 Å². The average molecular weight is 507 g/mol. The lowest BCUT2D eigenvalue weighted by molar-refractivity contribution is -0.137. The Morgan fingerprint density at radius 1 is 1.06 bits per heavy atom. The minimum absolute atomic E-state index is 0.0389. The summed E-state index contributed by atoms with van der Waals surface area (Å²) in [6.07, 6.45) is -2.69. The van der Waals surface area contributed by atoms with Gasteiger partial charge in [-0.3, -0.25) is 9.78 Å². The van der Waals surface area contributed by atoms with Gasteiger partial charge >= 0.3 is 6.18 Å². The molecule has 4 nitrogen and oxygen atoms in total. The molecule has 0 spiro atoms. The Hall–Kier alpha value is -2.97. The number of alkyl halides is 3. The van der Waals surface area contributed by atoms with E-state index in [0.717, 1.165) is 12.1 Å². The first-order valence-corrected chi connectivity index (χ1v) is 11.5. The number of benzene rings is 2. The maximum atomic E-state index is 14.5. The first kappa shape index (κ1) is 25.1. The maximum absolute atomic E-state index is 14.5. The number of aliphatic hydroxyl groups is 1. The molecular weight excluding hydrogens is 484 g/mol. The van der Waals surface area contributed by atoms with Gasteiger partial charge in [0.2, 0.25) is 5.91 Å². The molecule has 4 rings (SSSR count). The first-order chi connectivity index (χ1) is 16.6. The van der Waals surface area contributed by atoms with Crippen LogP contribution in [-0.2, 0) is 11.0 Å². The van der Waals surface area contributed by atoms with E-state index in [-0.39, 0.29) is 11.5 Å². The molecule has 1 heterocycles. The van der Waals surface area contributed by atoms with E-state index in [1.165, 1.54) is 6.20 Å². The van der Waals surface area contributed by atoms with Crippen molar-refractivity contribution in [3.63, 3.8) is 0 Å². The number of carbonyl (C=O) groups is 1. The van der Waals surface area contributed by atoms with Crippen molar-refractivity contribution in [2.45, 2.75) is 43.5 Å². The predicted octanol–water partition coefficient (Wildman–Crippen LogP) is 6.04. The van der Waals surface area contributed by atoms with Crippen LogP contribution >= 0.6 is 11.6 Å². The third-order valence-corrected chi connectivity index (χ3v) is 6.46. The number of amides is 1. The normalized spacial score (nSPS) is 19.8. The van der Waals surface area contributed by atoms with Gasteiger partial charge in [0.05, 0.1) is 28.4 Å². The molecule has 1 aliphatic rings. The van der Waals surface area contributed by atoms with E-state index in [2.05, 4.69) is 10.3 Å². The number of rotatable bonds is 6. The molecule has 1 aliphatic carbocycles. The molecular formula is C26H23ClF4N2O2. The van der Waals surface area contributed by atoms with Gasteiger partial charge in [0.25, 0.3) is 0 Å². The second kappa shape index (κ2) is 10.3. The molecule has 184 valence electrons. The summed E-state index contributed by atoms with van der Waals surface area (Å²) in [5.41, 5.74) is -0.161. The van der Waals surface area contributed by atoms with E-state index in [0.29, 0.717) is 41.6 Å². The summed E-state index contributed by atoms with van der Waals surface area (Å²) < 4.78 is 55.1. The van der Waals surface area contributed by atoms with Gasteiger partial charge in [0.1, 0.15) is 5.82 Å². The number of hydrogen-bond donors (Lipinski definition) is 2.